The first-order chi connectivity index (χ1) is 2.00. The van der Waals surface area contributed by atoms with E-state index in [9.17, 15) is 0 Å². The predicted octanol–water partition coefficient (Wildman–Crippen LogP) is -2.36. The van der Waals surface area contributed by atoms with E-state index in [1.807, 2.05) is 0 Å². The molecule has 0 fully saturated rings. The molecule has 5 heavy (non-hydrogen) atoms. The average Bonchev–Trinajstić information content (AvgIpc) is 1.50. The Morgan fingerprint density at radius 1 is 0.600 bits per heavy atom. The summed E-state index contributed by atoms with van der Waals surface area (Å²) in [6.07, 6.45) is 0. The van der Waals surface area contributed by atoms with Crippen LogP contribution in [0.15, 0.2) is 0 Å². The zero-order valence-corrected chi connectivity index (χ0v) is 3.77. The van der Waals surface area contributed by atoms with Crippen LogP contribution in [0.4, 0.5) is 0 Å². The first kappa shape index (κ1) is 18.3. The Kier molecular flexibility index (Phi) is 1390. The van der Waals surface area contributed by atoms with Gasteiger partial charge in [-0.15, -0.1) is 0 Å². The normalized spacial score (nSPS) is 2.40. The Morgan fingerprint density at radius 3 is 0.600 bits per heavy atom. The Labute approximate surface area is 41.3 Å². The maximum absolute atomic E-state index is 4.00. The van der Waals surface area contributed by atoms with Crippen LogP contribution in [0.5, 0.6) is 0 Å². The average molecular weight is 120 g/mol. The van der Waals surface area contributed by atoms with Gasteiger partial charge in [0.15, 0.2) is 0 Å². The van der Waals surface area contributed by atoms with Gasteiger partial charge in [0.1, 0.15) is 0 Å². The zero-order valence-electron chi connectivity index (χ0n) is 2.66. The van der Waals surface area contributed by atoms with E-state index in [0.29, 0.717) is 0 Å². The molecule has 0 aromatic carbocycles. The second-order valence-electron chi connectivity index (χ2n) is 0. The first-order valence-electron chi connectivity index (χ1n) is 0.667. The zero-order chi connectivity index (χ0) is 4.00. The summed E-state index contributed by atoms with van der Waals surface area (Å²) < 4.78 is 0. The van der Waals surface area contributed by atoms with Crippen LogP contribution in [-0.2, 0) is 17.1 Å². The van der Waals surface area contributed by atoms with E-state index in [-0.39, 0.29) is 17.1 Å². The topological polar surface area (TPSA) is 104 Å². The van der Waals surface area contributed by atoms with E-state index in [1.54, 1.807) is 0 Å². The summed E-state index contributed by atoms with van der Waals surface area (Å²) >= 11 is 0. The number of hydrogen-bond acceptors (Lipinski definition) is 4. The second-order valence-corrected chi connectivity index (χ2v) is 0. The molecule has 0 aromatic rings. The van der Waals surface area contributed by atoms with Gasteiger partial charge in [0.05, 0.1) is 0 Å². The van der Waals surface area contributed by atoms with E-state index in [4.69, 9.17) is 0 Å². The molecule has 0 saturated carbocycles. The van der Waals surface area contributed by atoms with Crippen molar-refractivity contribution < 1.29 is 17.1 Å². The molecule has 0 heterocycles. The third-order valence-electron chi connectivity index (χ3n) is 0. The van der Waals surface area contributed by atoms with Gasteiger partial charge in [-0.3, -0.25) is 23.4 Å². The van der Waals surface area contributed by atoms with Crippen LogP contribution in [0, 0.1) is 0 Å². The Morgan fingerprint density at radius 2 is 0.600 bits per heavy atom. The van der Waals surface area contributed by atoms with Crippen LogP contribution in [0.2, 0.25) is 0 Å². The minimum absolute atomic E-state index is 0. The molecule has 0 spiro atoms. The summed E-state index contributed by atoms with van der Waals surface area (Å²) in [5.41, 5.74) is 0. The molecule has 4 nitrogen and oxygen atoms in total. The number of nitrogens with two attached hydrogens (primary N) is 4. The fourth-order valence-corrected chi connectivity index (χ4v) is 0. The minimum Gasteiger partial charge on any atom is -0.274 e. The van der Waals surface area contributed by atoms with Gasteiger partial charge >= 0.3 is 17.1 Å². The molecule has 0 aliphatic heterocycles. The molecule has 0 amide bonds. The second kappa shape index (κ2) is 381. The molecule has 8 N–H and O–H groups in total. The van der Waals surface area contributed by atoms with Crippen LogP contribution in [0.25, 0.3) is 0 Å². The van der Waals surface area contributed by atoms with Crippen molar-refractivity contribution in [2.24, 2.45) is 23.4 Å². The van der Waals surface area contributed by atoms with Crippen LogP contribution in [0.3, 0.4) is 0 Å². The summed E-state index contributed by atoms with van der Waals surface area (Å²) in [5.74, 6) is 16.0. The van der Waals surface area contributed by atoms with Crippen molar-refractivity contribution in [2.45, 2.75) is 0 Å². The molecule has 0 rings (SSSR count). The van der Waals surface area contributed by atoms with Crippen LogP contribution in [-0.4, -0.2) is 0 Å². The van der Waals surface area contributed by atoms with E-state index in [1.165, 1.54) is 0 Å². The molecule has 0 saturated heterocycles. The molecular formula is H8FeN4+2. The predicted molar refractivity (Wildman–Crippen MR) is 16.7 cm³/mol. The van der Waals surface area contributed by atoms with E-state index in [2.05, 4.69) is 23.4 Å². The van der Waals surface area contributed by atoms with Crippen molar-refractivity contribution in [3.8, 4) is 0 Å². The Bertz CT molecular complexity index is 3.61. The first-order valence-corrected chi connectivity index (χ1v) is 0.667. The van der Waals surface area contributed by atoms with E-state index in [0.717, 1.165) is 0 Å². The van der Waals surface area contributed by atoms with E-state index < -0.39 is 0 Å². The van der Waals surface area contributed by atoms with Crippen molar-refractivity contribution in [3.63, 3.8) is 0 Å². The van der Waals surface area contributed by atoms with Gasteiger partial charge in [-0.05, 0) is 0 Å². The third-order valence-corrected chi connectivity index (χ3v) is 0. The number of rotatable bonds is 0. The maximum Gasteiger partial charge on any atom is 2.00 e. The monoisotopic (exact) mass is 120 g/mol. The smallest absolute Gasteiger partial charge is 0.274 e. The number of hydrazine groups is 2. The van der Waals surface area contributed by atoms with Crippen molar-refractivity contribution in [3.05, 3.63) is 0 Å². The quantitative estimate of drug-likeness (QED) is 0.163. The van der Waals surface area contributed by atoms with Gasteiger partial charge < -0.3 is 0 Å². The largest absolute Gasteiger partial charge is 2.00 e. The van der Waals surface area contributed by atoms with Gasteiger partial charge in [0, 0.05) is 0 Å². The van der Waals surface area contributed by atoms with Gasteiger partial charge in [0.2, 0.25) is 0 Å². The van der Waals surface area contributed by atoms with Crippen molar-refractivity contribution in [2.75, 3.05) is 0 Å². The summed E-state index contributed by atoms with van der Waals surface area (Å²) in [5, 5.41) is 0. The fourth-order valence-electron chi connectivity index (χ4n) is 0. The van der Waals surface area contributed by atoms with Crippen molar-refractivity contribution in [1.29, 1.82) is 0 Å². The maximum atomic E-state index is 4.00. The van der Waals surface area contributed by atoms with Crippen molar-refractivity contribution >= 4 is 0 Å². The Hall–Kier alpha value is 0.359. The van der Waals surface area contributed by atoms with Crippen molar-refractivity contribution in [1.82, 2.24) is 0 Å². The third kappa shape index (κ3) is 188. The standard InChI is InChI=1S/Fe.2H4N2/c;2*1-2/h;2*1-2H2/q+2;;. The molecule has 0 aromatic heterocycles. The summed E-state index contributed by atoms with van der Waals surface area (Å²) in [7, 11) is 0. The van der Waals surface area contributed by atoms with Gasteiger partial charge in [-0.2, -0.15) is 0 Å². The van der Waals surface area contributed by atoms with Crippen LogP contribution in [0.1, 0.15) is 0 Å². The molecule has 0 unspecified atom stereocenters. The van der Waals surface area contributed by atoms with E-state index >= 15 is 0 Å². The summed E-state index contributed by atoms with van der Waals surface area (Å²) in [4.78, 5) is 0. The van der Waals surface area contributed by atoms with Crippen LogP contribution < -0.4 is 23.4 Å². The summed E-state index contributed by atoms with van der Waals surface area (Å²) in [6.45, 7) is 0. The molecule has 0 aliphatic rings. The Balaban J connectivity index is -0.0000000133. The fraction of sp³-hybridized carbons (Fsp3) is 0. The molecule has 34 valence electrons. The van der Waals surface area contributed by atoms with Gasteiger partial charge in [0.25, 0.3) is 0 Å². The SMILES string of the molecule is NN.NN.[Fe+2]. The molecule has 5 heteroatoms. The molecule has 0 aliphatic carbocycles. The number of hydrogen-bond donors (Lipinski definition) is 4. The molecule has 0 bridgehead atoms. The molecule has 0 radical (unpaired) electrons. The molecular weight excluding hydrogens is 112 g/mol. The minimum atomic E-state index is 0. The van der Waals surface area contributed by atoms with Crippen LogP contribution >= 0.6 is 0 Å². The molecule has 0 atom stereocenters. The summed E-state index contributed by atoms with van der Waals surface area (Å²) in [6, 6.07) is 0. The van der Waals surface area contributed by atoms with Gasteiger partial charge in [-0.25, -0.2) is 0 Å². The van der Waals surface area contributed by atoms with Gasteiger partial charge in [-0.1, -0.05) is 0 Å².